The van der Waals surface area contributed by atoms with Crippen molar-refractivity contribution in [3.63, 3.8) is 0 Å². The van der Waals surface area contributed by atoms with E-state index in [4.69, 9.17) is 9.47 Å². The highest BCUT2D eigenvalue weighted by molar-refractivity contribution is 8.29. The Labute approximate surface area is 118 Å². The summed E-state index contributed by atoms with van der Waals surface area (Å²) in [5.74, 6) is 0.673. The molecule has 5 heteroatoms. The molecule has 1 rings (SSSR count). The van der Waals surface area contributed by atoms with Crippen LogP contribution in [0.5, 0.6) is 0 Å². The second kappa shape index (κ2) is 6.23. The van der Waals surface area contributed by atoms with E-state index in [2.05, 4.69) is 47.7 Å². The zero-order valence-electron chi connectivity index (χ0n) is 13.1. The van der Waals surface area contributed by atoms with Crippen LogP contribution in [0.4, 0.5) is 0 Å². The molecular weight excluding hydrogens is 242 g/mol. The largest absolute Gasteiger partial charge is 0.349 e. The van der Waals surface area contributed by atoms with Crippen LogP contribution in [0.2, 0.25) is 12.1 Å². The third kappa shape index (κ3) is 3.94. The molecule has 0 aliphatic carbocycles. The van der Waals surface area contributed by atoms with E-state index in [1.54, 1.807) is 0 Å². The summed E-state index contributed by atoms with van der Waals surface area (Å²) < 4.78 is 12.1. The Balaban J connectivity index is 2.67. The maximum atomic E-state index is 6.20. The molecule has 1 heterocycles. The standard InChI is InChI=1S/C13H28B2O2S/c1-8-13(5,14-15(6)18-7)10-9-16-11(17-10)12(2,3)4/h10-11,14H,8-9H2,1-7H3. The molecule has 0 aromatic rings. The molecule has 0 aromatic carbocycles. The molecule has 1 fully saturated rings. The Kier molecular flexibility index (Phi) is 5.70. The van der Waals surface area contributed by atoms with E-state index in [1.165, 1.54) is 7.17 Å². The third-order valence-electron chi connectivity index (χ3n) is 4.14. The van der Waals surface area contributed by atoms with Crippen LogP contribution in [-0.4, -0.2) is 38.3 Å². The SMILES string of the molecule is CCC(C)(BB(C)SC)C1COC(C(C)(C)C)O1. The van der Waals surface area contributed by atoms with Crippen molar-refractivity contribution >= 4 is 24.7 Å². The molecule has 104 valence electrons. The Hall–Kier alpha value is 0.400. The van der Waals surface area contributed by atoms with Crippen LogP contribution in [0.1, 0.15) is 41.0 Å². The third-order valence-corrected chi connectivity index (χ3v) is 5.11. The zero-order valence-corrected chi connectivity index (χ0v) is 13.9. The zero-order chi connectivity index (χ0) is 14.0. The average molecular weight is 270 g/mol. The summed E-state index contributed by atoms with van der Waals surface area (Å²) in [6.45, 7) is 14.2. The number of hydrogen-bond donors (Lipinski definition) is 0. The number of rotatable bonds is 5. The Morgan fingerprint density at radius 1 is 1.33 bits per heavy atom. The van der Waals surface area contributed by atoms with Crippen molar-refractivity contribution < 1.29 is 9.47 Å². The molecule has 2 nitrogen and oxygen atoms in total. The molecule has 1 aliphatic rings. The van der Waals surface area contributed by atoms with Gasteiger partial charge >= 0.3 is 0 Å². The summed E-state index contributed by atoms with van der Waals surface area (Å²) >= 11 is 1.94. The van der Waals surface area contributed by atoms with Crippen molar-refractivity contribution in [2.24, 2.45) is 5.41 Å². The second-order valence-corrected chi connectivity index (χ2v) is 8.19. The molecule has 3 unspecified atom stereocenters. The van der Waals surface area contributed by atoms with Gasteiger partial charge in [-0.05, 0) is 11.6 Å². The van der Waals surface area contributed by atoms with E-state index in [1.807, 2.05) is 11.6 Å². The van der Waals surface area contributed by atoms with E-state index < -0.39 is 0 Å². The van der Waals surface area contributed by atoms with Crippen molar-refractivity contribution in [2.45, 2.75) is 65.6 Å². The predicted octanol–water partition coefficient (Wildman–Crippen LogP) is 3.28. The van der Waals surface area contributed by atoms with Gasteiger partial charge in [-0.3, -0.25) is 0 Å². The summed E-state index contributed by atoms with van der Waals surface area (Å²) in [4.78, 5) is 0. The molecule has 1 saturated heterocycles. The summed E-state index contributed by atoms with van der Waals surface area (Å²) in [5.41, 5.74) is 0.0640. The fourth-order valence-corrected chi connectivity index (χ4v) is 3.01. The van der Waals surface area contributed by atoms with Gasteiger partial charge in [0.2, 0.25) is 0 Å². The molecule has 0 N–H and O–H groups in total. The van der Waals surface area contributed by atoms with Crippen LogP contribution in [0.3, 0.4) is 0 Å². The minimum absolute atomic E-state index is 0.0574. The first-order valence-corrected chi connectivity index (χ1v) is 8.31. The van der Waals surface area contributed by atoms with Crippen LogP contribution >= 0.6 is 11.6 Å². The molecule has 0 aromatic heterocycles. The summed E-state index contributed by atoms with van der Waals surface area (Å²) in [7, 11) is 1.19. The van der Waals surface area contributed by atoms with Crippen LogP contribution in [0.25, 0.3) is 0 Å². The Morgan fingerprint density at radius 2 is 1.94 bits per heavy atom. The lowest BCUT2D eigenvalue weighted by Crippen LogP contribution is -2.39. The normalized spacial score (nSPS) is 27.9. The maximum Gasteiger partial charge on any atom is 0.170 e. The molecule has 0 amide bonds. The minimum Gasteiger partial charge on any atom is -0.349 e. The molecule has 0 bridgehead atoms. The number of hydrogen-bond acceptors (Lipinski definition) is 3. The van der Waals surface area contributed by atoms with Gasteiger partial charge < -0.3 is 9.47 Å². The summed E-state index contributed by atoms with van der Waals surface area (Å²) in [6, 6.07) is 0. The molecule has 3 atom stereocenters. The first-order chi connectivity index (χ1) is 8.23. The Bertz CT molecular complexity index is 270. The van der Waals surface area contributed by atoms with E-state index in [9.17, 15) is 0 Å². The van der Waals surface area contributed by atoms with Gasteiger partial charge in [0.1, 0.15) is 7.17 Å². The van der Waals surface area contributed by atoms with Gasteiger partial charge in [-0.2, -0.15) is 0 Å². The topological polar surface area (TPSA) is 18.5 Å². The highest BCUT2D eigenvalue weighted by atomic mass is 32.2. The highest BCUT2D eigenvalue weighted by Crippen LogP contribution is 2.42. The van der Waals surface area contributed by atoms with E-state index >= 15 is 0 Å². The van der Waals surface area contributed by atoms with Gasteiger partial charge in [-0.25, -0.2) is 11.6 Å². The maximum absolute atomic E-state index is 6.20. The lowest BCUT2D eigenvalue weighted by molar-refractivity contribution is -0.128. The predicted molar refractivity (Wildman–Crippen MR) is 85.0 cm³/mol. The van der Waals surface area contributed by atoms with Crippen LogP contribution in [-0.2, 0) is 9.47 Å². The molecular formula is C13H28B2O2S. The van der Waals surface area contributed by atoms with E-state index in [0.717, 1.165) is 13.0 Å². The lowest BCUT2D eigenvalue weighted by Gasteiger charge is -2.35. The molecule has 0 spiro atoms. The minimum atomic E-state index is -0.0574. The van der Waals surface area contributed by atoms with Crippen LogP contribution in [0, 0.1) is 5.41 Å². The van der Waals surface area contributed by atoms with Gasteiger partial charge in [-0.1, -0.05) is 47.9 Å². The van der Waals surface area contributed by atoms with Crippen molar-refractivity contribution in [1.82, 2.24) is 0 Å². The second-order valence-electron chi connectivity index (χ2n) is 6.91. The van der Waals surface area contributed by atoms with Crippen molar-refractivity contribution in [2.75, 3.05) is 12.9 Å². The first kappa shape index (κ1) is 16.5. The smallest absolute Gasteiger partial charge is 0.170 e. The van der Waals surface area contributed by atoms with Crippen molar-refractivity contribution in [3.05, 3.63) is 0 Å². The molecule has 0 saturated carbocycles. The van der Waals surface area contributed by atoms with Crippen molar-refractivity contribution in [3.8, 4) is 0 Å². The summed E-state index contributed by atoms with van der Waals surface area (Å²) in [6.07, 6.45) is 3.51. The van der Waals surface area contributed by atoms with E-state index in [0.29, 0.717) is 5.88 Å². The van der Waals surface area contributed by atoms with Gasteiger partial charge in [0, 0.05) is 5.41 Å². The van der Waals surface area contributed by atoms with Gasteiger partial charge in [0.25, 0.3) is 0 Å². The van der Waals surface area contributed by atoms with Crippen molar-refractivity contribution in [1.29, 1.82) is 0 Å². The Morgan fingerprint density at radius 3 is 2.33 bits per heavy atom. The average Bonchev–Trinajstić information content (AvgIpc) is 2.78. The fraction of sp³-hybridized carbons (Fsp3) is 1.00. The lowest BCUT2D eigenvalue weighted by atomic mass is 9.27. The van der Waals surface area contributed by atoms with Gasteiger partial charge in [0.15, 0.2) is 12.2 Å². The quantitative estimate of drug-likeness (QED) is 0.714. The first-order valence-electron chi connectivity index (χ1n) is 7.03. The van der Waals surface area contributed by atoms with E-state index in [-0.39, 0.29) is 23.1 Å². The molecule has 0 radical (unpaired) electrons. The van der Waals surface area contributed by atoms with Gasteiger partial charge in [0.05, 0.1) is 12.7 Å². The van der Waals surface area contributed by atoms with Crippen LogP contribution in [0.15, 0.2) is 0 Å². The fourth-order valence-electron chi connectivity index (χ4n) is 2.47. The van der Waals surface area contributed by atoms with Crippen LogP contribution < -0.4 is 0 Å². The van der Waals surface area contributed by atoms with Gasteiger partial charge in [-0.15, -0.1) is 0 Å². The molecule has 1 aliphatic heterocycles. The molecule has 18 heavy (non-hydrogen) atoms. The summed E-state index contributed by atoms with van der Waals surface area (Å²) in [5, 5.41) is 0.225. The highest BCUT2D eigenvalue weighted by Gasteiger charge is 2.44. The monoisotopic (exact) mass is 270 g/mol. The number of ether oxygens (including phenoxy) is 2.